The van der Waals surface area contributed by atoms with Crippen LogP contribution >= 0.6 is 0 Å². The highest BCUT2D eigenvalue weighted by Crippen LogP contribution is 2.02. The van der Waals surface area contributed by atoms with Gasteiger partial charge in [0, 0.05) is 52.0 Å². The van der Waals surface area contributed by atoms with Crippen molar-refractivity contribution in [3.8, 4) is 0 Å². The molecule has 0 bridgehead atoms. The number of carbonyl (C=O) groups excluding carboxylic acids is 1. The number of nitrogens with zero attached hydrogens (tertiary/aromatic N) is 2. The Hall–Kier alpha value is -0.650. The number of piperazine rings is 1. The van der Waals surface area contributed by atoms with Crippen molar-refractivity contribution < 1.29 is 9.53 Å². The summed E-state index contributed by atoms with van der Waals surface area (Å²) in [6.07, 6.45) is 1.10. The Balaban J connectivity index is 2.09. The van der Waals surface area contributed by atoms with E-state index in [9.17, 15) is 4.79 Å². The second-order valence-corrected chi connectivity index (χ2v) is 5.39. The van der Waals surface area contributed by atoms with Crippen LogP contribution in [0.5, 0.6) is 0 Å². The summed E-state index contributed by atoms with van der Waals surface area (Å²) in [6.45, 7) is 13.4. The molecule has 1 amide bonds. The number of hydrogen-bond donors (Lipinski definition) is 1. The number of nitrogens with one attached hydrogen (secondary N) is 1. The Labute approximate surface area is 117 Å². The predicted octanol–water partition coefficient (Wildman–Crippen LogP) is 0.555. The van der Waals surface area contributed by atoms with E-state index in [0.29, 0.717) is 6.54 Å². The molecule has 0 radical (unpaired) electrons. The van der Waals surface area contributed by atoms with Gasteiger partial charge in [-0.25, -0.2) is 0 Å². The first-order valence-corrected chi connectivity index (χ1v) is 7.43. The van der Waals surface area contributed by atoms with E-state index in [1.807, 2.05) is 20.8 Å². The highest BCUT2D eigenvalue weighted by molar-refractivity contribution is 5.78. The maximum atomic E-state index is 11.7. The molecule has 0 spiro atoms. The molecule has 5 heteroatoms. The van der Waals surface area contributed by atoms with Crippen molar-refractivity contribution in [1.82, 2.24) is 15.1 Å². The molecule has 1 N–H and O–H groups in total. The van der Waals surface area contributed by atoms with E-state index >= 15 is 0 Å². The van der Waals surface area contributed by atoms with Crippen LogP contribution in [0.25, 0.3) is 0 Å². The minimum Gasteiger partial charge on any atom is -0.382 e. The van der Waals surface area contributed by atoms with Gasteiger partial charge in [0.15, 0.2) is 0 Å². The summed E-state index contributed by atoms with van der Waals surface area (Å²) in [7, 11) is 0. The third-order valence-electron chi connectivity index (χ3n) is 3.25. The van der Waals surface area contributed by atoms with Crippen molar-refractivity contribution in [2.45, 2.75) is 33.2 Å². The van der Waals surface area contributed by atoms with Crippen molar-refractivity contribution >= 4 is 5.91 Å². The van der Waals surface area contributed by atoms with E-state index in [2.05, 4.69) is 15.1 Å². The monoisotopic (exact) mass is 271 g/mol. The van der Waals surface area contributed by atoms with Crippen LogP contribution in [0.3, 0.4) is 0 Å². The molecule has 1 rings (SSSR count). The molecule has 1 saturated heterocycles. The van der Waals surface area contributed by atoms with E-state index in [0.717, 1.165) is 52.4 Å². The molecular weight excluding hydrogens is 242 g/mol. The Kier molecular flexibility index (Phi) is 8.02. The molecule has 1 aliphatic heterocycles. The van der Waals surface area contributed by atoms with Crippen LogP contribution in [0, 0.1) is 0 Å². The largest absolute Gasteiger partial charge is 0.382 e. The van der Waals surface area contributed by atoms with Crippen molar-refractivity contribution in [3.05, 3.63) is 0 Å². The SMILES string of the molecule is CCOCCCN1CCN(CC(=O)NC(C)C)CC1. The molecule has 112 valence electrons. The van der Waals surface area contributed by atoms with Gasteiger partial charge >= 0.3 is 0 Å². The molecular formula is C14H29N3O2. The van der Waals surface area contributed by atoms with E-state index in [-0.39, 0.29) is 11.9 Å². The van der Waals surface area contributed by atoms with Gasteiger partial charge in [0.05, 0.1) is 6.54 Å². The van der Waals surface area contributed by atoms with E-state index in [1.54, 1.807) is 0 Å². The van der Waals surface area contributed by atoms with Gasteiger partial charge in [-0.3, -0.25) is 9.69 Å². The van der Waals surface area contributed by atoms with Crippen LogP contribution in [0.2, 0.25) is 0 Å². The summed E-state index contributed by atoms with van der Waals surface area (Å²) in [5.41, 5.74) is 0. The third kappa shape index (κ3) is 7.50. The fourth-order valence-corrected chi connectivity index (χ4v) is 2.28. The smallest absolute Gasteiger partial charge is 0.234 e. The zero-order valence-corrected chi connectivity index (χ0v) is 12.7. The fraction of sp³-hybridized carbons (Fsp3) is 0.929. The Morgan fingerprint density at radius 2 is 1.84 bits per heavy atom. The summed E-state index contributed by atoms with van der Waals surface area (Å²) in [5.74, 6) is 0.139. The van der Waals surface area contributed by atoms with Crippen LogP contribution in [-0.2, 0) is 9.53 Å². The molecule has 1 aliphatic rings. The average Bonchev–Trinajstić information content (AvgIpc) is 2.35. The summed E-state index contributed by atoms with van der Waals surface area (Å²) >= 11 is 0. The molecule has 0 saturated carbocycles. The van der Waals surface area contributed by atoms with Crippen LogP contribution < -0.4 is 5.32 Å². The summed E-state index contributed by atoms with van der Waals surface area (Å²) in [4.78, 5) is 16.4. The van der Waals surface area contributed by atoms with Gasteiger partial charge in [0.2, 0.25) is 5.91 Å². The molecule has 0 atom stereocenters. The van der Waals surface area contributed by atoms with Crippen molar-refractivity contribution in [2.24, 2.45) is 0 Å². The fourth-order valence-electron chi connectivity index (χ4n) is 2.28. The molecule has 0 aromatic rings. The highest BCUT2D eigenvalue weighted by atomic mass is 16.5. The van der Waals surface area contributed by atoms with Gasteiger partial charge in [-0.1, -0.05) is 0 Å². The van der Waals surface area contributed by atoms with Gasteiger partial charge < -0.3 is 15.0 Å². The number of rotatable bonds is 8. The highest BCUT2D eigenvalue weighted by Gasteiger charge is 2.18. The Morgan fingerprint density at radius 3 is 2.42 bits per heavy atom. The second-order valence-electron chi connectivity index (χ2n) is 5.39. The predicted molar refractivity (Wildman–Crippen MR) is 77.3 cm³/mol. The molecule has 0 aromatic heterocycles. The molecule has 19 heavy (non-hydrogen) atoms. The lowest BCUT2D eigenvalue weighted by molar-refractivity contribution is -0.123. The van der Waals surface area contributed by atoms with Gasteiger partial charge in [0.1, 0.15) is 0 Å². The van der Waals surface area contributed by atoms with Crippen molar-refractivity contribution in [2.75, 3.05) is 52.5 Å². The first-order chi connectivity index (χ1) is 9.11. The zero-order chi connectivity index (χ0) is 14.1. The van der Waals surface area contributed by atoms with Crippen LogP contribution in [0.4, 0.5) is 0 Å². The van der Waals surface area contributed by atoms with E-state index in [1.165, 1.54) is 0 Å². The molecule has 0 aromatic carbocycles. The molecule has 1 heterocycles. The normalized spacial score (nSPS) is 17.9. The summed E-state index contributed by atoms with van der Waals surface area (Å²) in [5, 5.41) is 2.94. The summed E-state index contributed by atoms with van der Waals surface area (Å²) < 4.78 is 5.35. The lowest BCUT2D eigenvalue weighted by Gasteiger charge is -2.34. The topological polar surface area (TPSA) is 44.8 Å². The maximum absolute atomic E-state index is 11.7. The lowest BCUT2D eigenvalue weighted by Crippen LogP contribution is -2.50. The number of ether oxygens (including phenoxy) is 1. The average molecular weight is 271 g/mol. The number of carbonyl (C=O) groups is 1. The van der Waals surface area contributed by atoms with E-state index in [4.69, 9.17) is 4.74 Å². The summed E-state index contributed by atoms with van der Waals surface area (Å²) in [6, 6.07) is 0.229. The van der Waals surface area contributed by atoms with Gasteiger partial charge in [-0.15, -0.1) is 0 Å². The third-order valence-corrected chi connectivity index (χ3v) is 3.25. The molecule has 5 nitrogen and oxygen atoms in total. The molecule has 0 unspecified atom stereocenters. The minimum atomic E-state index is 0.139. The van der Waals surface area contributed by atoms with Crippen LogP contribution in [0.15, 0.2) is 0 Å². The number of amides is 1. The Morgan fingerprint density at radius 1 is 1.21 bits per heavy atom. The van der Waals surface area contributed by atoms with Gasteiger partial charge in [-0.2, -0.15) is 0 Å². The first-order valence-electron chi connectivity index (χ1n) is 7.43. The second kappa shape index (κ2) is 9.28. The maximum Gasteiger partial charge on any atom is 0.234 e. The number of hydrogen-bond acceptors (Lipinski definition) is 4. The van der Waals surface area contributed by atoms with Gasteiger partial charge in [-0.05, 0) is 27.2 Å². The van der Waals surface area contributed by atoms with Gasteiger partial charge in [0.25, 0.3) is 0 Å². The van der Waals surface area contributed by atoms with Crippen molar-refractivity contribution in [3.63, 3.8) is 0 Å². The standard InChI is InChI=1S/C14H29N3O2/c1-4-19-11-5-6-16-7-9-17(10-8-16)12-14(18)15-13(2)3/h13H,4-12H2,1-3H3,(H,15,18). The molecule has 1 fully saturated rings. The quantitative estimate of drug-likeness (QED) is 0.655. The minimum absolute atomic E-state index is 0.139. The first kappa shape index (κ1) is 16.4. The Bertz CT molecular complexity index is 251. The molecule has 0 aliphatic carbocycles. The van der Waals surface area contributed by atoms with Crippen LogP contribution in [0.1, 0.15) is 27.2 Å². The zero-order valence-electron chi connectivity index (χ0n) is 12.7. The van der Waals surface area contributed by atoms with E-state index < -0.39 is 0 Å². The van der Waals surface area contributed by atoms with Crippen LogP contribution in [-0.4, -0.2) is 74.2 Å². The lowest BCUT2D eigenvalue weighted by atomic mass is 10.3. The van der Waals surface area contributed by atoms with Crippen molar-refractivity contribution in [1.29, 1.82) is 0 Å².